The number of aliphatic hydroxyl groups is 8. The van der Waals surface area contributed by atoms with Crippen molar-refractivity contribution in [2.24, 2.45) is 50.7 Å². The normalized spacial score (nSPS) is 54.6. The number of rotatable bonds is 5. The zero-order valence-corrected chi connectivity index (χ0v) is 30.1. The zero-order chi connectivity index (χ0) is 37.0. The Bertz CT molecular complexity index is 1380. The summed E-state index contributed by atoms with van der Waals surface area (Å²) >= 11 is 0. The minimum absolute atomic E-state index is 0.0974. The van der Waals surface area contributed by atoms with E-state index in [1.54, 1.807) is 6.92 Å². The maximum atomic E-state index is 14.5. The lowest BCUT2D eigenvalue weighted by molar-refractivity contribution is -0.299. The molecule has 8 N–H and O–H groups in total. The van der Waals surface area contributed by atoms with Gasteiger partial charge in [0.25, 0.3) is 0 Å². The molecule has 1 aliphatic heterocycles. The highest BCUT2D eigenvalue weighted by Gasteiger charge is 2.74. The molecule has 0 bridgehead atoms. The summed E-state index contributed by atoms with van der Waals surface area (Å²) in [6, 6.07) is 0. The molecule has 1 saturated heterocycles. The van der Waals surface area contributed by atoms with E-state index in [0.29, 0.717) is 44.9 Å². The van der Waals surface area contributed by atoms with Gasteiger partial charge in [0.2, 0.25) is 6.29 Å². The number of ether oxygens (including phenoxy) is 3. The molecule has 0 aromatic heterocycles. The summed E-state index contributed by atoms with van der Waals surface area (Å²) in [7, 11) is 1.22. The molecule has 17 atom stereocenters. The van der Waals surface area contributed by atoms with Crippen LogP contribution in [0.5, 0.6) is 0 Å². The number of fused-ring (bicyclic) bond motifs is 7. The molecule has 0 radical (unpaired) electrons. The Labute approximate surface area is 293 Å². The molecule has 0 spiro atoms. The summed E-state index contributed by atoms with van der Waals surface area (Å²) < 4.78 is 16.6. The van der Waals surface area contributed by atoms with Crippen LogP contribution in [0.1, 0.15) is 86.0 Å². The SMILES string of the molecule is COC(=O)[C@@]1(CO)[C@@H]2CC[C@]3(C)[C@H](CC=C4[C@H]5[C@](C(=O)O[C@@H]6O[C@H](CO)[C@@H](O)[C@H](O)[C@H]6O)(CC[C@@H](C)[C@@]5(C)O)CC[C@]43C)[C@@]2(C)C[C@@H](O)[C@@H]1O. The molecule has 0 aromatic carbocycles. The maximum Gasteiger partial charge on any atom is 0.317 e. The first-order valence-electron chi connectivity index (χ1n) is 18.3. The van der Waals surface area contributed by atoms with E-state index in [2.05, 4.69) is 19.9 Å². The molecule has 5 fully saturated rings. The zero-order valence-electron chi connectivity index (χ0n) is 30.1. The fraction of sp³-hybridized carbons (Fsp3) is 0.892. The van der Waals surface area contributed by atoms with Crippen LogP contribution in [0.4, 0.5) is 0 Å². The lowest BCUT2D eigenvalue weighted by atomic mass is 9.32. The van der Waals surface area contributed by atoms with E-state index in [9.17, 15) is 50.4 Å². The van der Waals surface area contributed by atoms with E-state index in [0.717, 1.165) is 5.57 Å². The number of esters is 2. The van der Waals surface area contributed by atoms with Gasteiger partial charge in [-0.1, -0.05) is 39.3 Å². The number of hydrogen-bond donors (Lipinski definition) is 8. The largest absolute Gasteiger partial charge is 0.468 e. The second-order valence-electron chi connectivity index (χ2n) is 17.6. The predicted molar refractivity (Wildman–Crippen MR) is 175 cm³/mol. The van der Waals surface area contributed by atoms with Crippen molar-refractivity contribution in [2.45, 2.75) is 135 Å². The van der Waals surface area contributed by atoms with Crippen LogP contribution in [0, 0.1) is 50.7 Å². The standard InChI is InChI=1S/C37H58O13/c1-18-9-12-36(30(45)50-29-26(43)25(42)24(41)21(16-38)49-29)14-13-33(3)19(27(36)35(18,5)47)7-8-22-32(2)15-20(40)28(44)37(17-39,31(46)48-6)23(32)10-11-34(22,33)4/h7,18,20-29,38-44,47H,8-17H2,1-6H3/t18-,20-,21-,22-,23-,24-,25+,26-,27-,28+,29+,32-,33-,34-,35-,36+,37+/m1/s1. The van der Waals surface area contributed by atoms with Gasteiger partial charge in [0.05, 0.1) is 43.5 Å². The third kappa shape index (κ3) is 4.76. The number of carbonyl (C=O) groups is 2. The van der Waals surface area contributed by atoms with Crippen molar-refractivity contribution in [1.29, 1.82) is 0 Å². The highest BCUT2D eigenvalue weighted by Crippen LogP contribution is 2.76. The third-order valence-electron chi connectivity index (χ3n) is 15.8. The van der Waals surface area contributed by atoms with Gasteiger partial charge in [-0.05, 0) is 92.3 Å². The minimum Gasteiger partial charge on any atom is -0.468 e. The lowest BCUT2D eigenvalue weighted by Crippen LogP contribution is -2.71. The Morgan fingerprint density at radius 2 is 1.58 bits per heavy atom. The van der Waals surface area contributed by atoms with Gasteiger partial charge >= 0.3 is 11.9 Å². The van der Waals surface area contributed by atoms with Crippen LogP contribution in [-0.4, -0.2) is 122 Å². The highest BCUT2D eigenvalue weighted by molar-refractivity contribution is 5.80. The van der Waals surface area contributed by atoms with E-state index in [4.69, 9.17) is 14.2 Å². The van der Waals surface area contributed by atoms with Crippen molar-refractivity contribution in [1.82, 2.24) is 0 Å². The predicted octanol–water partition coefficient (Wildman–Crippen LogP) is 0.559. The molecule has 0 unspecified atom stereocenters. The fourth-order valence-electron chi connectivity index (χ4n) is 12.6. The molecule has 6 rings (SSSR count). The molecule has 1 heterocycles. The molecule has 0 amide bonds. The third-order valence-corrected chi connectivity index (χ3v) is 15.8. The van der Waals surface area contributed by atoms with Crippen LogP contribution in [0.3, 0.4) is 0 Å². The van der Waals surface area contributed by atoms with Crippen molar-refractivity contribution in [3.8, 4) is 0 Å². The molecule has 13 nitrogen and oxygen atoms in total. The molecular weight excluding hydrogens is 652 g/mol. The van der Waals surface area contributed by atoms with Crippen molar-refractivity contribution in [3.63, 3.8) is 0 Å². The van der Waals surface area contributed by atoms with E-state index >= 15 is 0 Å². The maximum absolute atomic E-state index is 14.5. The number of aliphatic hydroxyl groups excluding tert-OH is 7. The van der Waals surface area contributed by atoms with E-state index in [1.807, 2.05) is 13.8 Å². The molecular formula is C37H58O13. The van der Waals surface area contributed by atoms with Crippen LogP contribution in [-0.2, 0) is 23.8 Å². The smallest absolute Gasteiger partial charge is 0.317 e. The number of carbonyl (C=O) groups excluding carboxylic acids is 2. The van der Waals surface area contributed by atoms with E-state index < -0.39 is 113 Å². The average Bonchev–Trinajstić information content (AvgIpc) is 3.07. The fourth-order valence-corrected chi connectivity index (χ4v) is 12.6. The monoisotopic (exact) mass is 710 g/mol. The van der Waals surface area contributed by atoms with E-state index in [1.165, 1.54) is 7.11 Å². The van der Waals surface area contributed by atoms with Gasteiger partial charge in [-0.15, -0.1) is 0 Å². The van der Waals surface area contributed by atoms with Crippen LogP contribution in [0.25, 0.3) is 0 Å². The summed E-state index contributed by atoms with van der Waals surface area (Å²) in [5.41, 5.74) is -4.95. The van der Waals surface area contributed by atoms with Gasteiger partial charge in [0.1, 0.15) is 29.8 Å². The molecule has 13 heteroatoms. The van der Waals surface area contributed by atoms with Crippen molar-refractivity contribution in [2.75, 3.05) is 20.3 Å². The summed E-state index contributed by atoms with van der Waals surface area (Å²) in [5.74, 6) is -2.85. The van der Waals surface area contributed by atoms with Gasteiger partial charge in [-0.3, -0.25) is 9.59 Å². The van der Waals surface area contributed by atoms with Crippen LogP contribution < -0.4 is 0 Å². The second kappa shape index (κ2) is 12.4. The number of hydrogen-bond acceptors (Lipinski definition) is 13. The van der Waals surface area contributed by atoms with Crippen molar-refractivity contribution < 1.29 is 64.7 Å². The first kappa shape index (κ1) is 38.1. The van der Waals surface area contributed by atoms with Crippen LogP contribution in [0.15, 0.2) is 11.6 Å². The topological polar surface area (TPSA) is 224 Å². The highest BCUT2D eigenvalue weighted by atomic mass is 16.7. The average molecular weight is 711 g/mol. The molecule has 50 heavy (non-hydrogen) atoms. The quantitative estimate of drug-likeness (QED) is 0.145. The Balaban J connectivity index is 1.41. The Morgan fingerprint density at radius 3 is 2.20 bits per heavy atom. The first-order valence-corrected chi connectivity index (χ1v) is 18.3. The number of allylic oxidation sites excluding steroid dienone is 1. The van der Waals surface area contributed by atoms with E-state index in [-0.39, 0.29) is 18.3 Å². The molecule has 284 valence electrons. The summed E-state index contributed by atoms with van der Waals surface area (Å²) in [6.07, 6.45) is -4.92. The summed E-state index contributed by atoms with van der Waals surface area (Å²) in [5, 5.41) is 86.8. The second-order valence-corrected chi connectivity index (χ2v) is 17.6. The van der Waals surface area contributed by atoms with Gasteiger partial charge in [-0.2, -0.15) is 0 Å². The van der Waals surface area contributed by atoms with Crippen molar-refractivity contribution >= 4 is 11.9 Å². The van der Waals surface area contributed by atoms with Gasteiger partial charge in [0, 0.05) is 5.92 Å². The molecule has 6 aliphatic rings. The van der Waals surface area contributed by atoms with Crippen LogP contribution >= 0.6 is 0 Å². The van der Waals surface area contributed by atoms with Gasteiger partial charge < -0.3 is 55.1 Å². The lowest BCUT2D eigenvalue weighted by Gasteiger charge is -2.72. The summed E-state index contributed by atoms with van der Waals surface area (Å²) in [6.45, 7) is 8.86. The molecule has 0 aromatic rings. The van der Waals surface area contributed by atoms with Crippen molar-refractivity contribution in [3.05, 3.63) is 11.6 Å². The molecule has 5 aliphatic carbocycles. The van der Waals surface area contributed by atoms with Crippen LogP contribution in [0.2, 0.25) is 0 Å². The van der Waals surface area contributed by atoms with Gasteiger partial charge in [0.15, 0.2) is 0 Å². The molecule has 4 saturated carbocycles. The Morgan fingerprint density at radius 1 is 0.900 bits per heavy atom. The summed E-state index contributed by atoms with van der Waals surface area (Å²) in [4.78, 5) is 27.9. The number of methoxy groups -OCH3 is 1. The Kier molecular flexibility index (Phi) is 9.47. The first-order chi connectivity index (χ1) is 23.3. The van der Waals surface area contributed by atoms with Gasteiger partial charge in [-0.25, -0.2) is 0 Å². The minimum atomic E-state index is -1.76. The Hall–Kier alpha value is -1.68.